The van der Waals surface area contributed by atoms with E-state index in [4.69, 9.17) is 0 Å². The van der Waals surface area contributed by atoms with Gasteiger partial charge in [0.05, 0.1) is 10.6 Å². The topological polar surface area (TPSA) is 49.3 Å². The van der Waals surface area contributed by atoms with E-state index in [1.807, 2.05) is 12.1 Å². The summed E-state index contributed by atoms with van der Waals surface area (Å²) in [4.78, 5) is 4.83. The lowest BCUT2D eigenvalue weighted by Crippen LogP contribution is -2.31. The number of guanidine groups is 1. The van der Waals surface area contributed by atoms with Crippen molar-refractivity contribution in [2.75, 3.05) is 5.32 Å². The van der Waals surface area contributed by atoms with Crippen LogP contribution in [0.3, 0.4) is 0 Å². The number of halogens is 1. The summed E-state index contributed by atoms with van der Waals surface area (Å²) in [5.41, 5.74) is 1.93. The Kier molecular flexibility index (Phi) is 3.33. The van der Waals surface area contributed by atoms with E-state index in [9.17, 15) is 4.39 Å². The van der Waals surface area contributed by atoms with Crippen LogP contribution < -0.4 is 10.6 Å². The molecule has 1 aromatic carbocycles. The second-order valence-electron chi connectivity index (χ2n) is 4.01. The maximum atomic E-state index is 13.0. The highest BCUT2D eigenvalue weighted by Crippen LogP contribution is 2.31. The number of rotatable bonds is 2. The zero-order valence-electron chi connectivity index (χ0n) is 9.93. The molecule has 0 bridgehead atoms. The molecule has 2 heterocycles. The molecule has 0 saturated heterocycles. The zero-order valence-corrected chi connectivity index (χ0v) is 10.7. The molecule has 0 fully saturated rings. The molecule has 0 aliphatic carbocycles. The largest absolute Gasteiger partial charge is 0.351 e. The highest BCUT2D eigenvalue weighted by molar-refractivity contribution is 7.98. The molecule has 1 aliphatic heterocycles. The Bertz CT molecular complexity index is 615. The number of anilines is 1. The summed E-state index contributed by atoms with van der Waals surface area (Å²) < 4.78 is 17.3. The lowest BCUT2D eigenvalue weighted by molar-refractivity contribution is 0.624. The molecule has 0 spiro atoms. The summed E-state index contributed by atoms with van der Waals surface area (Å²) in [5, 5.41) is 6.30. The number of pyridine rings is 1. The molecule has 0 saturated carbocycles. The quantitative estimate of drug-likeness (QED) is 0.827. The van der Waals surface area contributed by atoms with E-state index in [0.717, 1.165) is 16.1 Å². The zero-order chi connectivity index (χ0) is 13.1. The van der Waals surface area contributed by atoms with Gasteiger partial charge in [-0.05, 0) is 29.8 Å². The third-order valence-corrected chi connectivity index (χ3v) is 3.42. The lowest BCUT2D eigenvalue weighted by Gasteiger charge is -2.18. The van der Waals surface area contributed by atoms with Crippen molar-refractivity contribution in [1.29, 1.82) is 0 Å². The first-order valence-electron chi connectivity index (χ1n) is 5.75. The number of benzene rings is 1. The van der Waals surface area contributed by atoms with Crippen molar-refractivity contribution in [3.8, 4) is 0 Å². The molecular weight excluding hydrogens is 263 g/mol. The number of fused-ring (bicyclic) bond motifs is 1. The van der Waals surface area contributed by atoms with E-state index in [2.05, 4.69) is 20.0 Å². The van der Waals surface area contributed by atoms with Crippen LogP contribution in [0.4, 0.5) is 10.1 Å². The van der Waals surface area contributed by atoms with E-state index in [-0.39, 0.29) is 5.82 Å². The number of aromatic nitrogens is 1. The van der Waals surface area contributed by atoms with Gasteiger partial charge in [-0.1, -0.05) is 6.07 Å². The van der Waals surface area contributed by atoms with Crippen LogP contribution in [0, 0.1) is 5.82 Å². The summed E-state index contributed by atoms with van der Waals surface area (Å²) in [6.07, 6.45) is 3.54. The second-order valence-corrected chi connectivity index (χ2v) is 4.82. The lowest BCUT2D eigenvalue weighted by atomic mass is 10.3. The number of nitrogens with one attached hydrogen (secondary N) is 2. The van der Waals surface area contributed by atoms with Gasteiger partial charge in [0.1, 0.15) is 5.82 Å². The van der Waals surface area contributed by atoms with Crippen molar-refractivity contribution >= 4 is 23.6 Å². The Morgan fingerprint density at radius 2 is 2.26 bits per heavy atom. The predicted octanol–water partition coefficient (Wildman–Crippen LogP) is 2.80. The molecule has 3 rings (SSSR count). The molecule has 19 heavy (non-hydrogen) atoms. The maximum absolute atomic E-state index is 13.0. The van der Waals surface area contributed by atoms with Gasteiger partial charge in [-0.25, -0.2) is 4.39 Å². The number of hydrogen-bond donors (Lipinski definition) is 2. The van der Waals surface area contributed by atoms with Crippen LogP contribution in [-0.4, -0.2) is 10.9 Å². The Morgan fingerprint density at radius 1 is 1.32 bits per heavy atom. The fourth-order valence-electron chi connectivity index (χ4n) is 1.69. The minimum absolute atomic E-state index is 0.255. The third-order valence-electron chi connectivity index (χ3n) is 2.61. The maximum Gasteiger partial charge on any atom is 0.208 e. The van der Waals surface area contributed by atoms with Crippen molar-refractivity contribution in [3.63, 3.8) is 0 Å². The van der Waals surface area contributed by atoms with Crippen molar-refractivity contribution < 1.29 is 4.39 Å². The van der Waals surface area contributed by atoms with Crippen LogP contribution in [0.15, 0.2) is 52.0 Å². The molecule has 96 valence electrons. The predicted molar refractivity (Wildman–Crippen MR) is 74.4 cm³/mol. The van der Waals surface area contributed by atoms with E-state index in [0.29, 0.717) is 12.5 Å². The SMILES string of the molecule is Fc1ccc2c(c1)SN=C(NCc1cccnc1)N2. The van der Waals surface area contributed by atoms with Crippen molar-refractivity contribution in [2.45, 2.75) is 11.4 Å². The smallest absolute Gasteiger partial charge is 0.208 e. The average molecular weight is 274 g/mol. The highest BCUT2D eigenvalue weighted by Gasteiger charge is 2.12. The van der Waals surface area contributed by atoms with Gasteiger partial charge in [-0.15, -0.1) is 0 Å². The molecule has 4 nitrogen and oxygen atoms in total. The minimum Gasteiger partial charge on any atom is -0.351 e. The van der Waals surface area contributed by atoms with Crippen LogP contribution in [0.1, 0.15) is 5.56 Å². The van der Waals surface area contributed by atoms with Crippen LogP contribution in [0.25, 0.3) is 0 Å². The molecule has 2 aromatic rings. The van der Waals surface area contributed by atoms with Gasteiger partial charge in [-0.3, -0.25) is 4.98 Å². The summed E-state index contributed by atoms with van der Waals surface area (Å²) in [6.45, 7) is 0.636. The fourth-order valence-corrected chi connectivity index (χ4v) is 2.37. The molecule has 0 unspecified atom stereocenters. The Balaban J connectivity index is 1.66. The van der Waals surface area contributed by atoms with Gasteiger partial charge in [0.25, 0.3) is 0 Å². The standard InChI is InChI=1S/C13H11FN4S/c14-10-3-4-11-12(6-10)19-18-13(17-11)16-8-9-2-1-5-15-7-9/h1-7H,8H2,(H2,16,17,18). The first-order valence-corrected chi connectivity index (χ1v) is 6.53. The van der Waals surface area contributed by atoms with Crippen LogP contribution in [0.5, 0.6) is 0 Å². The molecule has 0 amide bonds. The Labute approximate surface area is 114 Å². The van der Waals surface area contributed by atoms with Gasteiger partial charge < -0.3 is 10.6 Å². The molecule has 0 atom stereocenters. The highest BCUT2D eigenvalue weighted by atomic mass is 32.2. The van der Waals surface area contributed by atoms with Gasteiger partial charge in [0.2, 0.25) is 5.96 Å². The normalized spacial score (nSPS) is 13.2. The molecule has 1 aromatic heterocycles. The molecule has 1 aliphatic rings. The average Bonchev–Trinajstić information content (AvgIpc) is 2.46. The minimum atomic E-state index is -0.255. The summed E-state index contributed by atoms with van der Waals surface area (Å²) >= 11 is 1.25. The van der Waals surface area contributed by atoms with Gasteiger partial charge in [0, 0.05) is 30.9 Å². The Morgan fingerprint density at radius 3 is 3.11 bits per heavy atom. The monoisotopic (exact) mass is 274 g/mol. The van der Waals surface area contributed by atoms with Crippen molar-refractivity contribution in [1.82, 2.24) is 10.3 Å². The Hall–Kier alpha value is -2.08. The fraction of sp³-hybridized carbons (Fsp3) is 0.0769. The van der Waals surface area contributed by atoms with Crippen LogP contribution in [0.2, 0.25) is 0 Å². The molecule has 6 heteroatoms. The third kappa shape index (κ3) is 2.85. The summed E-state index contributed by atoms with van der Waals surface area (Å²) in [6, 6.07) is 8.47. The number of nitrogens with zero attached hydrogens (tertiary/aromatic N) is 2. The van der Waals surface area contributed by atoms with Gasteiger partial charge in [0.15, 0.2) is 0 Å². The van der Waals surface area contributed by atoms with Crippen LogP contribution in [-0.2, 0) is 6.54 Å². The van der Waals surface area contributed by atoms with E-state index < -0.39 is 0 Å². The van der Waals surface area contributed by atoms with E-state index in [1.54, 1.807) is 18.5 Å². The second kappa shape index (κ2) is 5.27. The number of hydrogen-bond acceptors (Lipinski definition) is 5. The van der Waals surface area contributed by atoms with Gasteiger partial charge in [-0.2, -0.15) is 4.40 Å². The van der Waals surface area contributed by atoms with E-state index in [1.165, 1.54) is 24.1 Å². The summed E-state index contributed by atoms with van der Waals surface area (Å²) in [5.74, 6) is 0.406. The molecular formula is C13H11FN4S. The van der Waals surface area contributed by atoms with E-state index >= 15 is 0 Å². The molecule has 0 radical (unpaired) electrons. The first kappa shape index (κ1) is 12.0. The molecule has 2 N–H and O–H groups in total. The summed E-state index contributed by atoms with van der Waals surface area (Å²) in [7, 11) is 0. The van der Waals surface area contributed by atoms with Gasteiger partial charge >= 0.3 is 0 Å². The van der Waals surface area contributed by atoms with Crippen molar-refractivity contribution in [3.05, 3.63) is 54.1 Å². The first-order chi connectivity index (χ1) is 9.31. The van der Waals surface area contributed by atoms with Crippen molar-refractivity contribution in [2.24, 2.45) is 4.40 Å². The van der Waals surface area contributed by atoms with Crippen LogP contribution >= 0.6 is 11.9 Å².